The van der Waals surface area contributed by atoms with E-state index in [4.69, 9.17) is 9.47 Å². The second-order valence-electron chi connectivity index (χ2n) is 8.62. The molecule has 0 bridgehead atoms. The summed E-state index contributed by atoms with van der Waals surface area (Å²) in [5.74, 6) is 0.535. The highest BCUT2D eigenvalue weighted by atomic mass is 16.5. The summed E-state index contributed by atoms with van der Waals surface area (Å²) in [6.07, 6.45) is 2.50. The fourth-order valence-electron chi connectivity index (χ4n) is 3.84. The van der Waals surface area contributed by atoms with E-state index in [0.717, 1.165) is 17.7 Å². The van der Waals surface area contributed by atoms with Gasteiger partial charge in [-0.15, -0.1) is 0 Å². The van der Waals surface area contributed by atoms with Gasteiger partial charge in [0.25, 0.3) is 5.91 Å². The number of benzene rings is 3. The lowest BCUT2D eigenvalue weighted by molar-refractivity contribution is 0.0601. The molecule has 3 aromatic carbocycles. The molecule has 0 saturated heterocycles. The van der Waals surface area contributed by atoms with E-state index in [1.165, 1.54) is 12.7 Å². The third-order valence-electron chi connectivity index (χ3n) is 5.77. The van der Waals surface area contributed by atoms with Crippen LogP contribution in [0.2, 0.25) is 0 Å². The predicted molar refractivity (Wildman–Crippen MR) is 145 cm³/mol. The summed E-state index contributed by atoms with van der Waals surface area (Å²) < 4.78 is 10.7. The zero-order valence-electron chi connectivity index (χ0n) is 21.1. The molecule has 4 rings (SSSR count). The second kappa shape index (κ2) is 11.9. The quantitative estimate of drug-likeness (QED) is 0.310. The van der Waals surface area contributed by atoms with Crippen molar-refractivity contribution in [2.75, 3.05) is 38.0 Å². The van der Waals surface area contributed by atoms with Gasteiger partial charge in [0.1, 0.15) is 17.1 Å². The number of esters is 1. The SMILES string of the molecule is COC(=O)c1cc(-c2cccc(C(=O)Nc3ccc(OCCc4ccccc4)cc3)c2)cnc1N(C)C. The molecular weight excluding hydrogens is 466 g/mol. The summed E-state index contributed by atoms with van der Waals surface area (Å²) in [5.41, 5.74) is 4.19. The molecule has 0 aliphatic carbocycles. The maximum atomic E-state index is 12.9. The highest BCUT2D eigenvalue weighted by molar-refractivity contribution is 6.05. The van der Waals surface area contributed by atoms with Crippen LogP contribution < -0.4 is 15.0 Å². The molecule has 0 atom stereocenters. The van der Waals surface area contributed by atoms with E-state index >= 15 is 0 Å². The van der Waals surface area contributed by atoms with Gasteiger partial charge in [-0.3, -0.25) is 4.79 Å². The lowest BCUT2D eigenvalue weighted by Crippen LogP contribution is -2.16. The van der Waals surface area contributed by atoms with Gasteiger partial charge in [-0.1, -0.05) is 42.5 Å². The van der Waals surface area contributed by atoms with E-state index in [1.54, 1.807) is 35.4 Å². The number of pyridine rings is 1. The molecule has 0 fully saturated rings. The molecule has 0 aliphatic heterocycles. The minimum atomic E-state index is -0.473. The fraction of sp³-hybridized carbons (Fsp3) is 0.167. The summed E-state index contributed by atoms with van der Waals surface area (Å²) in [4.78, 5) is 31.4. The Labute approximate surface area is 216 Å². The monoisotopic (exact) mass is 495 g/mol. The first-order valence-corrected chi connectivity index (χ1v) is 11.9. The Balaban J connectivity index is 1.42. The summed E-state index contributed by atoms with van der Waals surface area (Å²) >= 11 is 0. The van der Waals surface area contributed by atoms with Crippen molar-refractivity contribution in [3.63, 3.8) is 0 Å². The van der Waals surface area contributed by atoms with E-state index in [0.29, 0.717) is 34.8 Å². The maximum absolute atomic E-state index is 12.9. The minimum Gasteiger partial charge on any atom is -0.493 e. The Hall–Kier alpha value is -4.65. The largest absolute Gasteiger partial charge is 0.493 e. The van der Waals surface area contributed by atoms with Crippen molar-refractivity contribution in [1.29, 1.82) is 0 Å². The fourth-order valence-corrected chi connectivity index (χ4v) is 3.84. The Bertz CT molecular complexity index is 1370. The van der Waals surface area contributed by atoms with Crippen LogP contribution in [0.5, 0.6) is 5.75 Å². The van der Waals surface area contributed by atoms with Crippen molar-refractivity contribution < 1.29 is 19.1 Å². The molecule has 0 spiro atoms. The van der Waals surface area contributed by atoms with Crippen molar-refractivity contribution >= 4 is 23.4 Å². The molecular formula is C30H29N3O4. The summed E-state index contributed by atoms with van der Waals surface area (Å²) in [6, 6.07) is 26.4. The molecule has 1 N–H and O–H groups in total. The number of carbonyl (C=O) groups excluding carboxylic acids is 2. The number of anilines is 2. The number of aromatic nitrogens is 1. The average Bonchev–Trinajstić information content (AvgIpc) is 2.93. The molecule has 37 heavy (non-hydrogen) atoms. The number of rotatable bonds is 9. The van der Waals surface area contributed by atoms with Crippen LogP contribution >= 0.6 is 0 Å². The zero-order valence-corrected chi connectivity index (χ0v) is 21.1. The van der Waals surface area contributed by atoms with Gasteiger partial charge in [0.15, 0.2) is 0 Å². The van der Waals surface area contributed by atoms with Crippen molar-refractivity contribution in [3.8, 4) is 16.9 Å². The smallest absolute Gasteiger partial charge is 0.341 e. The molecule has 1 aromatic heterocycles. The van der Waals surface area contributed by atoms with E-state index in [1.807, 2.05) is 62.6 Å². The Kier molecular flexibility index (Phi) is 8.15. The number of nitrogens with one attached hydrogen (secondary N) is 1. The molecule has 1 amide bonds. The molecule has 1 heterocycles. The first kappa shape index (κ1) is 25.4. The third-order valence-corrected chi connectivity index (χ3v) is 5.77. The summed E-state index contributed by atoms with van der Waals surface area (Å²) in [6.45, 7) is 0.574. The number of ether oxygens (including phenoxy) is 2. The van der Waals surface area contributed by atoms with Crippen LogP contribution in [0.3, 0.4) is 0 Å². The maximum Gasteiger partial charge on any atom is 0.341 e. The van der Waals surface area contributed by atoms with E-state index in [9.17, 15) is 9.59 Å². The van der Waals surface area contributed by atoms with Crippen molar-refractivity contribution in [2.24, 2.45) is 0 Å². The average molecular weight is 496 g/mol. The first-order chi connectivity index (χ1) is 17.9. The Morgan fingerprint density at radius 2 is 1.65 bits per heavy atom. The number of amides is 1. The lowest BCUT2D eigenvalue weighted by Gasteiger charge is -2.16. The molecule has 7 nitrogen and oxygen atoms in total. The number of hydrogen-bond donors (Lipinski definition) is 1. The van der Waals surface area contributed by atoms with Gasteiger partial charge in [-0.2, -0.15) is 0 Å². The van der Waals surface area contributed by atoms with Crippen LogP contribution in [-0.2, 0) is 11.2 Å². The minimum absolute atomic E-state index is 0.245. The van der Waals surface area contributed by atoms with Gasteiger partial charge >= 0.3 is 5.97 Å². The standard InChI is InChI=1S/C30H29N3O4/c1-33(2)28-27(30(35)36-3)19-24(20-31-28)22-10-7-11-23(18-22)29(34)32-25-12-14-26(15-13-25)37-17-16-21-8-5-4-6-9-21/h4-15,18-20H,16-17H2,1-3H3,(H,32,34). The number of methoxy groups -OCH3 is 1. The summed E-state index contributed by atoms with van der Waals surface area (Å²) in [5, 5.41) is 2.92. The highest BCUT2D eigenvalue weighted by Gasteiger charge is 2.17. The van der Waals surface area contributed by atoms with Crippen LogP contribution in [-0.4, -0.2) is 44.7 Å². The molecule has 0 saturated carbocycles. The van der Waals surface area contributed by atoms with Gasteiger partial charge in [0.2, 0.25) is 0 Å². The molecule has 188 valence electrons. The van der Waals surface area contributed by atoms with Gasteiger partial charge in [0.05, 0.1) is 13.7 Å². The molecule has 0 radical (unpaired) electrons. The number of carbonyl (C=O) groups is 2. The van der Waals surface area contributed by atoms with Crippen LogP contribution in [0.15, 0.2) is 91.1 Å². The van der Waals surface area contributed by atoms with Crippen molar-refractivity contribution in [3.05, 3.63) is 108 Å². The van der Waals surface area contributed by atoms with Crippen LogP contribution in [0, 0.1) is 0 Å². The number of nitrogens with zero attached hydrogens (tertiary/aromatic N) is 2. The van der Waals surface area contributed by atoms with Crippen LogP contribution in [0.25, 0.3) is 11.1 Å². The van der Waals surface area contributed by atoms with Crippen LogP contribution in [0.1, 0.15) is 26.3 Å². The topological polar surface area (TPSA) is 80.8 Å². The molecule has 4 aromatic rings. The molecule has 0 unspecified atom stereocenters. The Morgan fingerprint density at radius 1 is 0.892 bits per heavy atom. The van der Waals surface area contributed by atoms with E-state index < -0.39 is 5.97 Å². The summed E-state index contributed by atoms with van der Waals surface area (Å²) in [7, 11) is 4.95. The van der Waals surface area contributed by atoms with Gasteiger partial charge in [-0.25, -0.2) is 9.78 Å². The third kappa shape index (κ3) is 6.52. The van der Waals surface area contributed by atoms with Gasteiger partial charge in [0, 0.05) is 43.5 Å². The number of hydrogen-bond acceptors (Lipinski definition) is 6. The van der Waals surface area contributed by atoms with E-state index in [2.05, 4.69) is 22.4 Å². The normalized spacial score (nSPS) is 10.5. The molecule has 0 aliphatic rings. The highest BCUT2D eigenvalue weighted by Crippen LogP contribution is 2.26. The van der Waals surface area contributed by atoms with Gasteiger partial charge < -0.3 is 19.7 Å². The predicted octanol–water partition coefficient (Wildman–Crippen LogP) is 5.48. The van der Waals surface area contributed by atoms with Crippen molar-refractivity contribution in [1.82, 2.24) is 4.98 Å². The van der Waals surface area contributed by atoms with E-state index in [-0.39, 0.29) is 5.91 Å². The van der Waals surface area contributed by atoms with Crippen molar-refractivity contribution in [2.45, 2.75) is 6.42 Å². The zero-order chi connectivity index (χ0) is 26.2. The lowest BCUT2D eigenvalue weighted by atomic mass is 10.0. The molecule has 7 heteroatoms. The van der Waals surface area contributed by atoms with Gasteiger partial charge in [-0.05, 0) is 53.6 Å². The van der Waals surface area contributed by atoms with Crippen LogP contribution in [0.4, 0.5) is 11.5 Å². The Morgan fingerprint density at radius 3 is 2.35 bits per heavy atom. The first-order valence-electron chi connectivity index (χ1n) is 11.9. The second-order valence-corrected chi connectivity index (χ2v) is 8.62.